The smallest absolute Gasteiger partial charge is 0.203 e. The normalized spacial score (nSPS) is 11.0. The summed E-state index contributed by atoms with van der Waals surface area (Å²) in [5, 5.41) is 11.4. The molecule has 0 bridgehead atoms. The maximum Gasteiger partial charge on any atom is 0.203 e. The van der Waals surface area contributed by atoms with Crippen LogP contribution in [0.2, 0.25) is 0 Å². The standard InChI is InChI=1S/C14H24N6O/c1-4-21-9-5-7-15-14-17-12(2)10-20(14)8-6-13-18-16-11-19(13)3/h10-11H,4-9H2,1-3H3,(H,15,17). The SMILES string of the molecule is CCOCCCNc1nc(C)cn1CCc1nncn1C. The first-order valence-electron chi connectivity index (χ1n) is 7.39. The molecule has 0 unspecified atom stereocenters. The van der Waals surface area contributed by atoms with Gasteiger partial charge in [0, 0.05) is 46.0 Å². The molecule has 0 saturated carbocycles. The first-order valence-corrected chi connectivity index (χ1v) is 7.39. The Kier molecular flexibility index (Phi) is 5.74. The Bertz CT molecular complexity index is 547. The summed E-state index contributed by atoms with van der Waals surface area (Å²) in [4.78, 5) is 4.52. The Labute approximate surface area is 125 Å². The van der Waals surface area contributed by atoms with E-state index >= 15 is 0 Å². The molecule has 0 fully saturated rings. The fraction of sp³-hybridized carbons (Fsp3) is 0.643. The Morgan fingerprint density at radius 3 is 2.95 bits per heavy atom. The van der Waals surface area contributed by atoms with Gasteiger partial charge in [-0.05, 0) is 20.3 Å². The van der Waals surface area contributed by atoms with Gasteiger partial charge in [0.15, 0.2) is 0 Å². The van der Waals surface area contributed by atoms with Gasteiger partial charge in [-0.1, -0.05) is 0 Å². The van der Waals surface area contributed by atoms with E-state index in [2.05, 4.69) is 31.3 Å². The third-order valence-electron chi connectivity index (χ3n) is 3.23. The van der Waals surface area contributed by atoms with Crippen molar-refractivity contribution in [2.75, 3.05) is 25.1 Å². The fourth-order valence-corrected chi connectivity index (χ4v) is 2.13. The highest BCUT2D eigenvalue weighted by atomic mass is 16.5. The molecule has 0 aliphatic rings. The predicted molar refractivity (Wildman–Crippen MR) is 81.3 cm³/mol. The lowest BCUT2D eigenvalue weighted by Gasteiger charge is -2.09. The van der Waals surface area contributed by atoms with Crippen molar-refractivity contribution in [3.63, 3.8) is 0 Å². The summed E-state index contributed by atoms with van der Waals surface area (Å²) < 4.78 is 9.40. The lowest BCUT2D eigenvalue weighted by Crippen LogP contribution is -2.12. The summed E-state index contributed by atoms with van der Waals surface area (Å²) >= 11 is 0. The molecular formula is C14H24N6O. The van der Waals surface area contributed by atoms with Gasteiger partial charge in [-0.2, -0.15) is 0 Å². The monoisotopic (exact) mass is 292 g/mol. The second-order valence-electron chi connectivity index (χ2n) is 4.98. The zero-order chi connectivity index (χ0) is 15.1. The van der Waals surface area contributed by atoms with Crippen molar-refractivity contribution in [1.29, 1.82) is 0 Å². The predicted octanol–water partition coefficient (Wildman–Crippen LogP) is 1.40. The van der Waals surface area contributed by atoms with E-state index in [1.807, 2.05) is 25.5 Å². The summed E-state index contributed by atoms with van der Waals surface area (Å²) in [7, 11) is 1.96. The summed E-state index contributed by atoms with van der Waals surface area (Å²) in [6.07, 6.45) is 5.59. The van der Waals surface area contributed by atoms with Crippen molar-refractivity contribution >= 4 is 5.95 Å². The largest absolute Gasteiger partial charge is 0.382 e. The van der Waals surface area contributed by atoms with E-state index in [-0.39, 0.29) is 0 Å². The van der Waals surface area contributed by atoms with Crippen LogP contribution in [-0.4, -0.2) is 44.1 Å². The molecule has 0 spiro atoms. The van der Waals surface area contributed by atoms with Gasteiger partial charge in [-0.3, -0.25) is 0 Å². The maximum absolute atomic E-state index is 5.33. The number of aryl methyl sites for hydroxylation is 4. The lowest BCUT2D eigenvalue weighted by molar-refractivity contribution is 0.147. The second-order valence-corrected chi connectivity index (χ2v) is 4.98. The molecule has 0 amide bonds. The van der Waals surface area contributed by atoms with Crippen LogP contribution in [0, 0.1) is 6.92 Å². The van der Waals surface area contributed by atoms with Gasteiger partial charge < -0.3 is 19.2 Å². The average molecular weight is 292 g/mol. The van der Waals surface area contributed by atoms with Crippen molar-refractivity contribution in [2.24, 2.45) is 7.05 Å². The summed E-state index contributed by atoms with van der Waals surface area (Å²) in [5.74, 6) is 1.88. The Morgan fingerprint density at radius 1 is 1.38 bits per heavy atom. The van der Waals surface area contributed by atoms with E-state index in [9.17, 15) is 0 Å². The van der Waals surface area contributed by atoms with Crippen molar-refractivity contribution in [3.05, 3.63) is 24.0 Å². The van der Waals surface area contributed by atoms with Crippen LogP contribution in [0.4, 0.5) is 5.95 Å². The molecule has 0 atom stereocenters. The van der Waals surface area contributed by atoms with Gasteiger partial charge in [-0.25, -0.2) is 4.98 Å². The highest BCUT2D eigenvalue weighted by Crippen LogP contribution is 2.10. The highest BCUT2D eigenvalue weighted by Gasteiger charge is 2.07. The number of nitrogens with one attached hydrogen (secondary N) is 1. The van der Waals surface area contributed by atoms with Crippen LogP contribution in [0.15, 0.2) is 12.5 Å². The molecule has 0 aromatic carbocycles. The van der Waals surface area contributed by atoms with Crippen molar-refractivity contribution < 1.29 is 4.74 Å². The van der Waals surface area contributed by atoms with E-state index in [0.29, 0.717) is 0 Å². The van der Waals surface area contributed by atoms with E-state index in [1.54, 1.807) is 6.33 Å². The molecule has 7 heteroatoms. The molecule has 2 aromatic rings. The van der Waals surface area contributed by atoms with Gasteiger partial charge in [0.05, 0.1) is 5.69 Å². The van der Waals surface area contributed by atoms with Crippen LogP contribution in [0.1, 0.15) is 24.9 Å². The van der Waals surface area contributed by atoms with Crippen LogP contribution >= 0.6 is 0 Å². The highest BCUT2D eigenvalue weighted by molar-refractivity contribution is 5.28. The van der Waals surface area contributed by atoms with Crippen LogP contribution in [0.5, 0.6) is 0 Å². The Balaban J connectivity index is 1.86. The molecule has 0 radical (unpaired) electrons. The van der Waals surface area contributed by atoms with E-state index in [4.69, 9.17) is 4.74 Å². The van der Waals surface area contributed by atoms with Crippen molar-refractivity contribution in [1.82, 2.24) is 24.3 Å². The maximum atomic E-state index is 5.33. The van der Waals surface area contributed by atoms with Crippen molar-refractivity contribution in [3.8, 4) is 0 Å². The van der Waals surface area contributed by atoms with Crippen LogP contribution in [0.25, 0.3) is 0 Å². The van der Waals surface area contributed by atoms with Crippen LogP contribution in [-0.2, 0) is 24.8 Å². The van der Waals surface area contributed by atoms with Gasteiger partial charge in [0.2, 0.25) is 5.95 Å². The van der Waals surface area contributed by atoms with E-state index in [0.717, 1.165) is 56.6 Å². The molecule has 21 heavy (non-hydrogen) atoms. The minimum Gasteiger partial charge on any atom is -0.382 e. The Hall–Kier alpha value is -1.89. The van der Waals surface area contributed by atoms with E-state index in [1.165, 1.54) is 0 Å². The molecule has 7 nitrogen and oxygen atoms in total. The van der Waals surface area contributed by atoms with Gasteiger partial charge in [-0.15, -0.1) is 10.2 Å². The quantitative estimate of drug-likeness (QED) is 0.708. The number of hydrogen-bond acceptors (Lipinski definition) is 5. The van der Waals surface area contributed by atoms with Gasteiger partial charge >= 0.3 is 0 Å². The van der Waals surface area contributed by atoms with Gasteiger partial charge in [0.1, 0.15) is 12.2 Å². The number of ether oxygens (including phenoxy) is 1. The Morgan fingerprint density at radius 2 is 2.24 bits per heavy atom. The summed E-state index contributed by atoms with van der Waals surface area (Å²) in [5.41, 5.74) is 1.01. The number of anilines is 1. The molecule has 116 valence electrons. The number of imidazole rings is 1. The third kappa shape index (κ3) is 4.56. The fourth-order valence-electron chi connectivity index (χ4n) is 2.13. The second kappa shape index (κ2) is 7.78. The molecular weight excluding hydrogens is 268 g/mol. The molecule has 2 aromatic heterocycles. The number of nitrogens with zero attached hydrogens (tertiary/aromatic N) is 5. The number of hydrogen-bond donors (Lipinski definition) is 1. The molecule has 1 N–H and O–H groups in total. The third-order valence-corrected chi connectivity index (χ3v) is 3.23. The van der Waals surface area contributed by atoms with Crippen LogP contribution < -0.4 is 5.32 Å². The lowest BCUT2D eigenvalue weighted by atomic mass is 10.4. The van der Waals surface area contributed by atoms with E-state index < -0.39 is 0 Å². The molecule has 0 aliphatic heterocycles. The summed E-state index contributed by atoms with van der Waals surface area (Å²) in [6, 6.07) is 0. The molecule has 0 saturated heterocycles. The molecule has 0 aliphatic carbocycles. The topological polar surface area (TPSA) is 69.8 Å². The number of rotatable bonds is 9. The first kappa shape index (κ1) is 15.5. The minimum atomic E-state index is 0.769. The van der Waals surface area contributed by atoms with Crippen molar-refractivity contribution in [2.45, 2.75) is 33.2 Å². The van der Waals surface area contributed by atoms with Crippen LogP contribution in [0.3, 0.4) is 0 Å². The zero-order valence-electron chi connectivity index (χ0n) is 13.0. The average Bonchev–Trinajstić information content (AvgIpc) is 3.02. The minimum absolute atomic E-state index is 0.769. The molecule has 2 heterocycles. The summed E-state index contributed by atoms with van der Waals surface area (Å²) in [6.45, 7) is 7.26. The zero-order valence-corrected chi connectivity index (χ0v) is 13.0. The first-order chi connectivity index (χ1) is 10.2. The van der Waals surface area contributed by atoms with Gasteiger partial charge in [0.25, 0.3) is 0 Å². The number of aromatic nitrogens is 5. The molecule has 2 rings (SSSR count).